The van der Waals surface area contributed by atoms with E-state index in [1.165, 1.54) is 0 Å². The molecule has 0 aliphatic carbocycles. The van der Waals surface area contributed by atoms with Gasteiger partial charge in [0.2, 0.25) is 5.12 Å². The largest absolute Gasteiger partial charge is 0.282 e. The van der Waals surface area contributed by atoms with E-state index in [4.69, 9.17) is 34.8 Å². The van der Waals surface area contributed by atoms with Gasteiger partial charge in [-0.05, 0) is 5.75 Å². The Morgan fingerprint density at radius 3 is 2.11 bits per heavy atom. The molecule has 0 aliphatic heterocycles. The molecule has 0 aromatic rings. The predicted octanol–water partition coefficient (Wildman–Crippen LogP) is 2.64. The quantitative estimate of drug-likeness (QED) is 0.615. The van der Waals surface area contributed by atoms with Crippen LogP contribution in [0.1, 0.15) is 6.92 Å². The average molecular weight is 208 g/mol. The predicted molar refractivity (Wildman–Crippen MR) is 43.4 cm³/mol. The van der Waals surface area contributed by atoms with Crippen molar-refractivity contribution in [3.05, 3.63) is 0 Å². The lowest BCUT2D eigenvalue weighted by atomic mass is 10.9. The lowest BCUT2D eigenvalue weighted by molar-refractivity contribution is -0.110. The van der Waals surface area contributed by atoms with Gasteiger partial charge in [-0.1, -0.05) is 53.5 Å². The van der Waals surface area contributed by atoms with Crippen molar-refractivity contribution in [2.45, 2.75) is 10.7 Å². The van der Waals surface area contributed by atoms with Crippen molar-refractivity contribution in [1.29, 1.82) is 0 Å². The molecule has 0 amide bonds. The van der Waals surface area contributed by atoms with Crippen molar-refractivity contribution < 1.29 is 4.79 Å². The molecule has 0 bridgehead atoms. The van der Waals surface area contributed by atoms with Gasteiger partial charge in [-0.2, -0.15) is 0 Å². The highest BCUT2D eigenvalue weighted by molar-refractivity contribution is 8.14. The Hall–Kier alpha value is 0.890. The Bertz CT molecular complexity index is 109. The molecule has 0 atom stereocenters. The number of hydrogen-bond donors (Lipinski definition) is 0. The van der Waals surface area contributed by atoms with Gasteiger partial charge < -0.3 is 0 Å². The molecule has 0 aromatic heterocycles. The van der Waals surface area contributed by atoms with E-state index in [1.54, 1.807) is 0 Å². The zero-order chi connectivity index (χ0) is 7.49. The Kier molecular flexibility index (Phi) is 4.30. The number of halogens is 3. The van der Waals surface area contributed by atoms with E-state index in [2.05, 4.69) is 0 Å². The van der Waals surface area contributed by atoms with Crippen LogP contribution in [0.15, 0.2) is 0 Å². The molecule has 0 unspecified atom stereocenters. The highest BCUT2D eigenvalue weighted by Crippen LogP contribution is 2.31. The van der Waals surface area contributed by atoms with Crippen molar-refractivity contribution >= 4 is 51.7 Å². The second-order valence-electron chi connectivity index (χ2n) is 1.22. The van der Waals surface area contributed by atoms with E-state index in [1.807, 2.05) is 6.92 Å². The van der Waals surface area contributed by atoms with Crippen LogP contribution in [0.2, 0.25) is 0 Å². The molecular weight excluding hydrogens is 202 g/mol. The third kappa shape index (κ3) is 4.31. The standard InChI is InChI=1S/C4H5Cl3OS/c1-2-9-3(8)4(5,6)7/h2H2,1H3. The molecule has 0 aromatic carbocycles. The topological polar surface area (TPSA) is 17.1 Å². The summed E-state index contributed by atoms with van der Waals surface area (Å²) in [7, 11) is 0. The second kappa shape index (κ2) is 3.91. The first-order chi connectivity index (χ1) is 3.98. The van der Waals surface area contributed by atoms with Crippen molar-refractivity contribution in [1.82, 2.24) is 0 Å². The zero-order valence-corrected chi connectivity index (χ0v) is 7.74. The third-order valence-electron chi connectivity index (χ3n) is 0.507. The van der Waals surface area contributed by atoms with E-state index in [0.29, 0.717) is 5.75 Å². The van der Waals surface area contributed by atoms with Crippen LogP contribution in [-0.4, -0.2) is 14.7 Å². The maximum atomic E-state index is 10.6. The highest BCUT2D eigenvalue weighted by atomic mass is 35.6. The van der Waals surface area contributed by atoms with Gasteiger partial charge in [-0.25, -0.2) is 0 Å². The molecule has 9 heavy (non-hydrogen) atoms. The van der Waals surface area contributed by atoms with Crippen LogP contribution in [0.3, 0.4) is 0 Å². The van der Waals surface area contributed by atoms with Crippen LogP contribution < -0.4 is 0 Å². The Morgan fingerprint density at radius 1 is 1.56 bits per heavy atom. The van der Waals surface area contributed by atoms with E-state index >= 15 is 0 Å². The summed E-state index contributed by atoms with van der Waals surface area (Å²) in [6.07, 6.45) is 0. The molecule has 1 nitrogen and oxygen atoms in total. The molecule has 0 N–H and O–H groups in total. The van der Waals surface area contributed by atoms with Gasteiger partial charge in [0.1, 0.15) is 0 Å². The highest BCUT2D eigenvalue weighted by Gasteiger charge is 2.29. The van der Waals surface area contributed by atoms with Gasteiger partial charge in [0.25, 0.3) is 3.79 Å². The van der Waals surface area contributed by atoms with Gasteiger partial charge in [0.15, 0.2) is 0 Å². The van der Waals surface area contributed by atoms with Gasteiger partial charge in [0, 0.05) is 0 Å². The fourth-order valence-corrected chi connectivity index (χ4v) is 1.13. The van der Waals surface area contributed by atoms with Crippen LogP contribution in [0.5, 0.6) is 0 Å². The Labute approximate surface area is 73.0 Å². The monoisotopic (exact) mass is 206 g/mol. The first-order valence-electron chi connectivity index (χ1n) is 2.22. The molecule has 0 heterocycles. The maximum Gasteiger partial charge on any atom is 0.259 e. The minimum absolute atomic E-state index is 0.421. The summed E-state index contributed by atoms with van der Waals surface area (Å²) in [5, 5.41) is -0.421. The fraction of sp³-hybridized carbons (Fsp3) is 0.750. The second-order valence-corrected chi connectivity index (χ2v) is 4.74. The lowest BCUT2D eigenvalue weighted by Crippen LogP contribution is -2.14. The summed E-state index contributed by atoms with van der Waals surface area (Å²) in [5.41, 5.74) is 0. The molecule has 54 valence electrons. The molecule has 0 fully saturated rings. The van der Waals surface area contributed by atoms with Crippen LogP contribution >= 0.6 is 46.6 Å². The first kappa shape index (κ1) is 9.89. The number of thioether (sulfide) groups is 1. The SMILES string of the molecule is CCSC(=O)C(Cl)(Cl)Cl. The molecule has 0 radical (unpaired) electrons. The van der Waals surface area contributed by atoms with Gasteiger partial charge in [-0.15, -0.1) is 0 Å². The molecule has 0 aliphatic rings. The maximum absolute atomic E-state index is 10.6. The van der Waals surface area contributed by atoms with E-state index in [9.17, 15) is 4.79 Å². The molecular formula is C4H5Cl3OS. The van der Waals surface area contributed by atoms with Crippen LogP contribution in [-0.2, 0) is 4.79 Å². The van der Waals surface area contributed by atoms with E-state index < -0.39 is 8.91 Å². The summed E-state index contributed by atoms with van der Waals surface area (Å²) >= 11 is 16.7. The van der Waals surface area contributed by atoms with Crippen LogP contribution in [0.4, 0.5) is 0 Å². The minimum atomic E-state index is -1.75. The molecule has 0 spiro atoms. The third-order valence-corrected chi connectivity index (χ3v) is 2.22. The number of rotatable bonds is 1. The molecule has 0 saturated carbocycles. The number of alkyl halides is 3. The molecule has 0 rings (SSSR count). The minimum Gasteiger partial charge on any atom is -0.282 e. The van der Waals surface area contributed by atoms with Gasteiger partial charge >= 0.3 is 0 Å². The summed E-state index contributed by atoms with van der Waals surface area (Å²) in [6.45, 7) is 1.82. The number of carbonyl (C=O) groups is 1. The average Bonchev–Trinajstić information content (AvgIpc) is 1.64. The van der Waals surface area contributed by atoms with Crippen molar-refractivity contribution in [3.8, 4) is 0 Å². The van der Waals surface area contributed by atoms with Crippen LogP contribution in [0.25, 0.3) is 0 Å². The van der Waals surface area contributed by atoms with Crippen molar-refractivity contribution in [2.75, 3.05) is 5.75 Å². The normalized spacial score (nSPS) is 11.6. The number of carbonyl (C=O) groups excluding carboxylic acids is 1. The Morgan fingerprint density at radius 2 is 2.00 bits per heavy atom. The van der Waals surface area contributed by atoms with Gasteiger partial charge in [-0.3, -0.25) is 4.79 Å². The number of hydrogen-bond acceptors (Lipinski definition) is 2. The summed E-state index contributed by atoms with van der Waals surface area (Å²) in [4.78, 5) is 10.6. The molecule has 5 heteroatoms. The Balaban J connectivity index is 3.74. The lowest BCUT2D eigenvalue weighted by Gasteiger charge is -2.05. The van der Waals surface area contributed by atoms with Crippen molar-refractivity contribution in [3.63, 3.8) is 0 Å². The summed E-state index contributed by atoms with van der Waals surface area (Å²) in [5.74, 6) is 0.632. The zero-order valence-electron chi connectivity index (χ0n) is 4.66. The molecule has 0 saturated heterocycles. The summed E-state index contributed by atoms with van der Waals surface area (Å²) < 4.78 is -1.75. The van der Waals surface area contributed by atoms with Crippen LogP contribution in [0, 0.1) is 0 Å². The van der Waals surface area contributed by atoms with E-state index in [-0.39, 0.29) is 0 Å². The van der Waals surface area contributed by atoms with E-state index in [0.717, 1.165) is 11.8 Å². The fourth-order valence-electron chi connectivity index (χ4n) is 0.213. The summed E-state index contributed by atoms with van der Waals surface area (Å²) in [6, 6.07) is 0. The first-order valence-corrected chi connectivity index (χ1v) is 4.34. The van der Waals surface area contributed by atoms with Gasteiger partial charge in [0.05, 0.1) is 0 Å². The van der Waals surface area contributed by atoms with Crippen molar-refractivity contribution in [2.24, 2.45) is 0 Å². The smallest absolute Gasteiger partial charge is 0.259 e.